The molecule has 4 rings (SSSR count). The molecule has 1 aliphatic rings. The number of benzene rings is 2. The fraction of sp³-hybridized carbons (Fsp3) is 0.318. The number of halogens is 3. The first-order valence-corrected chi connectivity index (χ1v) is 10.2. The van der Waals surface area contributed by atoms with E-state index in [2.05, 4.69) is 9.84 Å². The van der Waals surface area contributed by atoms with Gasteiger partial charge in [-0.3, -0.25) is 4.79 Å². The normalized spacial score (nSPS) is 14.4. The van der Waals surface area contributed by atoms with Crippen LogP contribution in [-0.4, -0.2) is 55.0 Å². The lowest BCUT2D eigenvalue weighted by Crippen LogP contribution is -2.37. The molecule has 33 heavy (non-hydrogen) atoms. The molecule has 0 saturated carbocycles. The Kier molecular flexibility index (Phi) is 6.23. The first-order chi connectivity index (χ1) is 15.8. The third-order valence-corrected chi connectivity index (χ3v) is 5.03. The van der Waals surface area contributed by atoms with E-state index in [1.807, 2.05) is 4.90 Å². The second kappa shape index (κ2) is 9.10. The lowest BCUT2D eigenvalue weighted by molar-refractivity contribution is -0.274. The Labute approximate surface area is 186 Å². The van der Waals surface area contributed by atoms with E-state index in [4.69, 9.17) is 9.47 Å². The molecule has 1 fully saturated rings. The fourth-order valence-corrected chi connectivity index (χ4v) is 3.64. The maximum Gasteiger partial charge on any atom is 0.573 e. The lowest BCUT2D eigenvalue weighted by Gasteiger charge is -2.30. The van der Waals surface area contributed by atoms with Gasteiger partial charge in [-0.05, 0) is 43.3 Å². The molecule has 0 radical (unpaired) electrons. The summed E-state index contributed by atoms with van der Waals surface area (Å²) in [6.45, 7) is 3.74. The summed E-state index contributed by atoms with van der Waals surface area (Å²) < 4.78 is 53.2. The summed E-state index contributed by atoms with van der Waals surface area (Å²) in [5, 5.41) is 4.46. The Bertz CT molecular complexity index is 1220. The molecule has 1 aromatic heterocycles. The predicted molar refractivity (Wildman–Crippen MR) is 113 cm³/mol. The van der Waals surface area contributed by atoms with Crippen LogP contribution >= 0.6 is 0 Å². The highest BCUT2D eigenvalue weighted by Gasteiger charge is 2.31. The Hall–Kier alpha value is -3.60. The summed E-state index contributed by atoms with van der Waals surface area (Å²) in [4.78, 5) is 27.8. The number of anilines is 1. The number of carbonyl (C=O) groups is 1. The molecule has 0 amide bonds. The molecule has 0 N–H and O–H groups in total. The topological polar surface area (TPSA) is 82.9 Å². The number of fused-ring (bicyclic) bond motifs is 1. The van der Waals surface area contributed by atoms with Crippen LogP contribution < -0.4 is 15.1 Å². The van der Waals surface area contributed by atoms with Crippen molar-refractivity contribution in [3.8, 4) is 11.4 Å². The molecule has 0 aliphatic carbocycles. The molecule has 1 saturated heterocycles. The average Bonchev–Trinajstić information content (AvgIpc) is 2.79. The van der Waals surface area contributed by atoms with Gasteiger partial charge >= 0.3 is 12.3 Å². The van der Waals surface area contributed by atoms with Gasteiger partial charge in [0.1, 0.15) is 5.75 Å². The molecule has 0 bridgehead atoms. The molecule has 0 unspecified atom stereocenters. The smallest absolute Gasteiger partial charge is 0.461 e. The lowest BCUT2D eigenvalue weighted by atomic mass is 10.1. The zero-order chi connectivity index (χ0) is 23.6. The Morgan fingerprint density at radius 3 is 2.45 bits per heavy atom. The Morgan fingerprint density at radius 2 is 1.82 bits per heavy atom. The van der Waals surface area contributed by atoms with Gasteiger partial charge in [0.15, 0.2) is 0 Å². The van der Waals surface area contributed by atoms with Crippen LogP contribution in [0, 0.1) is 0 Å². The number of aromatic nitrogens is 2. The van der Waals surface area contributed by atoms with E-state index in [9.17, 15) is 22.8 Å². The van der Waals surface area contributed by atoms with Crippen LogP contribution in [0.5, 0.6) is 5.75 Å². The first kappa shape index (κ1) is 22.6. The first-order valence-electron chi connectivity index (χ1n) is 10.2. The standard InChI is InChI=1S/C22H20F3N3O5/c1-2-32-21(30)19-20(29)18-16(27-10-12-31-13-11-27)4-3-5-17(18)28(26-19)14-6-8-15(9-7-14)33-22(23,24)25/h3-9H,2,10-13H2,1H3. The van der Waals surface area contributed by atoms with E-state index in [0.29, 0.717) is 43.2 Å². The molecule has 2 aromatic carbocycles. The van der Waals surface area contributed by atoms with Crippen molar-refractivity contribution in [3.05, 3.63) is 58.4 Å². The zero-order valence-corrected chi connectivity index (χ0v) is 17.6. The van der Waals surface area contributed by atoms with Gasteiger partial charge in [0.05, 0.1) is 42.1 Å². The fourth-order valence-electron chi connectivity index (χ4n) is 3.64. The molecule has 1 aliphatic heterocycles. The average molecular weight is 463 g/mol. The number of rotatable bonds is 5. The Morgan fingerprint density at radius 1 is 1.12 bits per heavy atom. The van der Waals surface area contributed by atoms with Gasteiger partial charge in [-0.1, -0.05) is 6.07 Å². The molecular formula is C22H20F3N3O5. The number of alkyl halides is 3. The molecule has 8 nitrogen and oxygen atoms in total. The van der Waals surface area contributed by atoms with Crippen molar-refractivity contribution in [1.29, 1.82) is 0 Å². The number of morpholine rings is 1. The minimum absolute atomic E-state index is 0.0482. The summed E-state index contributed by atoms with van der Waals surface area (Å²) in [6, 6.07) is 10.1. The van der Waals surface area contributed by atoms with Gasteiger partial charge in [-0.25, -0.2) is 9.48 Å². The van der Waals surface area contributed by atoms with E-state index < -0.39 is 29.2 Å². The quantitative estimate of drug-likeness (QED) is 0.537. The van der Waals surface area contributed by atoms with Crippen molar-refractivity contribution in [2.75, 3.05) is 37.8 Å². The number of hydrogen-bond acceptors (Lipinski definition) is 7. The van der Waals surface area contributed by atoms with Crippen molar-refractivity contribution in [1.82, 2.24) is 9.78 Å². The minimum atomic E-state index is -4.83. The minimum Gasteiger partial charge on any atom is -0.461 e. The predicted octanol–water partition coefficient (Wildman–Crippen LogP) is 3.30. The molecule has 2 heterocycles. The second-order valence-electron chi connectivity index (χ2n) is 7.12. The maximum atomic E-state index is 13.3. The summed E-state index contributed by atoms with van der Waals surface area (Å²) >= 11 is 0. The maximum absolute atomic E-state index is 13.3. The van der Waals surface area contributed by atoms with E-state index in [1.165, 1.54) is 16.8 Å². The van der Waals surface area contributed by atoms with Gasteiger partial charge in [-0.2, -0.15) is 5.10 Å². The van der Waals surface area contributed by atoms with Gasteiger partial charge in [0, 0.05) is 13.1 Å². The van der Waals surface area contributed by atoms with Gasteiger partial charge in [0.2, 0.25) is 11.1 Å². The number of hydrogen-bond donors (Lipinski definition) is 0. The molecule has 11 heteroatoms. The second-order valence-corrected chi connectivity index (χ2v) is 7.12. The van der Waals surface area contributed by atoms with Crippen molar-refractivity contribution >= 4 is 22.6 Å². The van der Waals surface area contributed by atoms with Crippen molar-refractivity contribution < 1.29 is 32.2 Å². The number of esters is 1. The van der Waals surface area contributed by atoms with Crippen LogP contribution in [0.4, 0.5) is 18.9 Å². The largest absolute Gasteiger partial charge is 0.573 e. The van der Waals surface area contributed by atoms with E-state index >= 15 is 0 Å². The van der Waals surface area contributed by atoms with E-state index in [0.717, 1.165) is 12.1 Å². The van der Waals surface area contributed by atoms with Crippen LogP contribution in [-0.2, 0) is 9.47 Å². The van der Waals surface area contributed by atoms with Gasteiger partial charge in [-0.15, -0.1) is 13.2 Å². The highest BCUT2D eigenvalue weighted by molar-refractivity contribution is 5.97. The van der Waals surface area contributed by atoms with E-state index in [-0.39, 0.29) is 12.0 Å². The highest BCUT2D eigenvalue weighted by Crippen LogP contribution is 2.28. The third-order valence-electron chi connectivity index (χ3n) is 5.03. The van der Waals surface area contributed by atoms with Crippen LogP contribution in [0.3, 0.4) is 0 Å². The summed E-state index contributed by atoms with van der Waals surface area (Å²) in [7, 11) is 0. The molecule has 0 atom stereocenters. The van der Waals surface area contributed by atoms with Crippen LogP contribution in [0.2, 0.25) is 0 Å². The molecule has 3 aromatic rings. The van der Waals surface area contributed by atoms with E-state index in [1.54, 1.807) is 25.1 Å². The van der Waals surface area contributed by atoms with Crippen molar-refractivity contribution in [2.24, 2.45) is 0 Å². The van der Waals surface area contributed by atoms with Crippen molar-refractivity contribution in [3.63, 3.8) is 0 Å². The third kappa shape index (κ3) is 4.77. The van der Waals surface area contributed by atoms with Crippen molar-refractivity contribution in [2.45, 2.75) is 13.3 Å². The molecule has 174 valence electrons. The number of ether oxygens (including phenoxy) is 3. The zero-order valence-electron chi connectivity index (χ0n) is 17.6. The van der Waals surface area contributed by atoms with Gasteiger partial charge < -0.3 is 19.1 Å². The summed E-state index contributed by atoms with van der Waals surface area (Å²) in [6.07, 6.45) is -4.83. The van der Waals surface area contributed by atoms with Crippen LogP contribution in [0.25, 0.3) is 16.6 Å². The summed E-state index contributed by atoms with van der Waals surface area (Å²) in [5.74, 6) is -1.29. The van der Waals surface area contributed by atoms with Crippen LogP contribution in [0.1, 0.15) is 17.4 Å². The SMILES string of the molecule is CCOC(=O)c1nn(-c2ccc(OC(F)(F)F)cc2)c2cccc(N3CCOCC3)c2c1=O. The molecule has 0 spiro atoms. The number of nitrogens with zero attached hydrogens (tertiary/aromatic N) is 3. The number of carbonyl (C=O) groups excluding carboxylic acids is 1. The van der Waals surface area contributed by atoms with Crippen LogP contribution in [0.15, 0.2) is 47.3 Å². The monoisotopic (exact) mass is 463 g/mol. The molecular weight excluding hydrogens is 443 g/mol. The Balaban J connectivity index is 1.91. The summed E-state index contributed by atoms with van der Waals surface area (Å²) in [5.41, 5.74) is 0.333. The highest BCUT2D eigenvalue weighted by atomic mass is 19.4. The van der Waals surface area contributed by atoms with Gasteiger partial charge in [0.25, 0.3) is 0 Å².